The fourth-order valence-electron chi connectivity index (χ4n) is 2.41. The number of hydrogen-bond donors (Lipinski definition) is 0. The van der Waals surface area contributed by atoms with Gasteiger partial charge in [0.25, 0.3) is 0 Å². The van der Waals surface area contributed by atoms with Crippen LogP contribution in [0.25, 0.3) is 0 Å². The van der Waals surface area contributed by atoms with E-state index in [4.69, 9.17) is 0 Å². The first kappa shape index (κ1) is 27.1. The van der Waals surface area contributed by atoms with Gasteiger partial charge >= 0.3 is 99.8 Å². The van der Waals surface area contributed by atoms with Gasteiger partial charge in [-0.1, -0.05) is 13.8 Å². The summed E-state index contributed by atoms with van der Waals surface area (Å²) in [6.07, 6.45) is 16.7. The molecular weight excluding hydrogens is 478 g/mol. The Hall–Kier alpha value is -0.920. The van der Waals surface area contributed by atoms with Crippen LogP contribution in [-0.4, -0.2) is 5.43 Å². The van der Waals surface area contributed by atoms with Gasteiger partial charge in [0.05, 0.1) is 0 Å². The molecule has 4 heteroatoms. The Labute approximate surface area is 197 Å². The monoisotopic (exact) mass is 500 g/mol. The summed E-state index contributed by atoms with van der Waals surface area (Å²) in [6, 6.07) is 21.7. The quantitative estimate of drug-likeness (QED) is 0.355. The predicted molar refractivity (Wildman–Crippen MR) is 110 cm³/mol. The minimum absolute atomic E-state index is 0. The molecule has 0 aliphatic heterocycles. The molecule has 0 unspecified atom stereocenters. The molecule has 0 heterocycles. The second kappa shape index (κ2) is 15.9. The van der Waals surface area contributed by atoms with Gasteiger partial charge in [-0.15, -0.1) is 12.8 Å². The van der Waals surface area contributed by atoms with E-state index >= 15 is 0 Å². The van der Waals surface area contributed by atoms with Crippen LogP contribution in [0.2, 0.25) is 0 Å². The van der Waals surface area contributed by atoms with E-state index in [1.165, 1.54) is 21.5 Å². The molecule has 0 fully saturated rings. The summed E-state index contributed by atoms with van der Waals surface area (Å²) in [4.78, 5) is 0. The zero-order valence-corrected chi connectivity index (χ0v) is 21.2. The second-order valence-electron chi connectivity index (χ2n) is 6.04. The third-order valence-corrected chi connectivity index (χ3v) is 9.94. The van der Waals surface area contributed by atoms with E-state index < -0.39 is 5.43 Å². The summed E-state index contributed by atoms with van der Waals surface area (Å²) in [6.45, 7) is 4.12. The number of benzene rings is 2. The fourth-order valence-corrected chi connectivity index (χ4v) is 6.25. The van der Waals surface area contributed by atoms with Crippen molar-refractivity contribution in [2.24, 2.45) is 0 Å². The standard InChI is InChI=1S/C12H10Si.2C6H7.2ClH.Zr/c1-3-7-11(8-4-1)13-12-9-5-2-6-10-12;2*1-6-4-2-3-5-6;;;/h1-10H;2*2,4H,3H2,1H3;2*1H;/q;2*-1;;;+2/p-2. The van der Waals surface area contributed by atoms with Gasteiger partial charge in [-0.2, -0.15) is 12.2 Å². The van der Waals surface area contributed by atoms with E-state index in [-0.39, 0.29) is 24.8 Å². The summed E-state index contributed by atoms with van der Waals surface area (Å²) in [5.74, 6) is 0. The number of halogens is 2. The van der Waals surface area contributed by atoms with Gasteiger partial charge in [0, 0.05) is 0 Å². The maximum atomic E-state index is 3.12. The first-order valence-corrected chi connectivity index (χ1v) is 14.0. The van der Waals surface area contributed by atoms with Crippen molar-refractivity contribution in [2.75, 3.05) is 0 Å². The molecule has 0 nitrogen and oxygen atoms in total. The molecule has 0 saturated heterocycles. The van der Waals surface area contributed by atoms with Gasteiger partial charge in [0.2, 0.25) is 0 Å². The number of allylic oxidation sites excluding steroid dienone is 8. The number of hydrogen-bond acceptors (Lipinski definition) is 0. The van der Waals surface area contributed by atoms with Crippen molar-refractivity contribution in [3.05, 3.63) is 108 Å². The van der Waals surface area contributed by atoms with Crippen LogP contribution in [-0.2, 0) is 23.3 Å². The zero-order chi connectivity index (χ0) is 18.6. The molecule has 0 spiro atoms. The molecular formula is C24H24Cl2SiZr-2. The molecule has 0 N–H and O–H groups in total. The van der Waals surface area contributed by atoms with Crippen molar-refractivity contribution in [1.82, 2.24) is 0 Å². The normalized spacial score (nSPS) is 12.9. The number of rotatable bonds is 2. The van der Waals surface area contributed by atoms with Crippen molar-refractivity contribution in [3.63, 3.8) is 0 Å². The average Bonchev–Trinajstić information content (AvgIpc) is 3.37. The second-order valence-corrected chi connectivity index (χ2v) is 11.6. The van der Waals surface area contributed by atoms with Gasteiger partial charge in [0.1, 0.15) is 0 Å². The molecule has 2 aromatic rings. The molecule has 0 bridgehead atoms. The molecule has 0 atom stereocenters. The Kier molecular flexibility index (Phi) is 15.4. The first-order valence-electron chi connectivity index (χ1n) is 8.84. The van der Waals surface area contributed by atoms with Crippen molar-refractivity contribution in [3.8, 4) is 0 Å². The van der Waals surface area contributed by atoms with Gasteiger partial charge in [0.15, 0.2) is 0 Å². The third-order valence-electron chi connectivity index (χ3n) is 3.86. The fraction of sp³-hybridized carbons (Fsp3) is 0.167. The van der Waals surface area contributed by atoms with Crippen LogP contribution in [0.15, 0.2) is 96.1 Å². The molecule has 0 aromatic heterocycles. The Morgan fingerprint density at radius 2 is 1.04 bits per heavy atom. The van der Waals surface area contributed by atoms with Crippen molar-refractivity contribution < 1.29 is 48.1 Å². The van der Waals surface area contributed by atoms with Crippen LogP contribution in [0.5, 0.6) is 0 Å². The van der Waals surface area contributed by atoms with Crippen LogP contribution in [0.1, 0.15) is 26.7 Å². The molecule has 2 aliphatic carbocycles. The van der Waals surface area contributed by atoms with E-state index in [0.29, 0.717) is 0 Å². The molecule has 2 aromatic carbocycles. The Morgan fingerprint density at radius 1 is 0.679 bits per heavy atom. The third kappa shape index (κ3) is 10.6. The summed E-state index contributed by atoms with van der Waals surface area (Å²) in [5, 5.41) is 3.03. The van der Waals surface area contributed by atoms with Crippen LogP contribution >= 0.6 is 0 Å². The van der Waals surface area contributed by atoms with Crippen molar-refractivity contribution >= 4 is 15.8 Å². The summed E-state index contributed by atoms with van der Waals surface area (Å²) >= 11 is 1.64. The summed E-state index contributed by atoms with van der Waals surface area (Å²) in [7, 11) is 0. The van der Waals surface area contributed by atoms with Crippen molar-refractivity contribution in [2.45, 2.75) is 26.7 Å². The van der Waals surface area contributed by atoms with Crippen LogP contribution in [0.3, 0.4) is 0 Å². The molecule has 0 saturated carbocycles. The molecule has 2 aliphatic rings. The van der Waals surface area contributed by atoms with E-state index in [9.17, 15) is 0 Å². The van der Waals surface area contributed by atoms with Gasteiger partial charge in [-0.05, 0) is 0 Å². The van der Waals surface area contributed by atoms with Crippen LogP contribution < -0.4 is 35.2 Å². The molecule has 0 radical (unpaired) electrons. The molecule has 4 rings (SSSR count). The summed E-state index contributed by atoms with van der Waals surface area (Å²) in [5.41, 5.74) is 2.09. The Bertz CT molecular complexity index is 747. The minimum atomic E-state index is -0.455. The van der Waals surface area contributed by atoms with Crippen LogP contribution in [0, 0.1) is 12.2 Å². The maximum absolute atomic E-state index is 3.12. The molecule has 144 valence electrons. The Morgan fingerprint density at radius 3 is 1.25 bits per heavy atom. The average molecular weight is 503 g/mol. The predicted octanol–water partition coefficient (Wildman–Crippen LogP) is -1.26. The van der Waals surface area contributed by atoms with Crippen molar-refractivity contribution in [1.29, 1.82) is 0 Å². The Balaban J connectivity index is 0.000000437. The zero-order valence-electron chi connectivity index (χ0n) is 16.3. The van der Waals surface area contributed by atoms with Crippen LogP contribution in [0.4, 0.5) is 0 Å². The van der Waals surface area contributed by atoms with Gasteiger partial charge in [-0.3, -0.25) is 12.2 Å². The summed E-state index contributed by atoms with van der Waals surface area (Å²) < 4.78 is 0. The topological polar surface area (TPSA) is 0 Å². The molecule has 0 amide bonds. The van der Waals surface area contributed by atoms with Gasteiger partial charge in [-0.25, -0.2) is 23.3 Å². The van der Waals surface area contributed by atoms with E-state index in [0.717, 1.165) is 12.8 Å². The van der Waals surface area contributed by atoms with E-state index in [2.05, 4.69) is 111 Å². The first-order chi connectivity index (χ1) is 12.7. The van der Waals surface area contributed by atoms with Gasteiger partial charge < -0.3 is 24.8 Å². The van der Waals surface area contributed by atoms with E-state index in [1.807, 2.05) is 0 Å². The molecule has 28 heavy (non-hydrogen) atoms. The van der Waals surface area contributed by atoms with E-state index in [1.54, 1.807) is 23.3 Å². The SMILES string of the molecule is CC1=[C-]CC=C1.CC1=[C-]CC=C1.[Cl-].[Cl-].[Zr+2]=[Si](c1ccccc1)c1ccccc1.